The maximum Gasteiger partial charge on any atom is 0.0120 e. The summed E-state index contributed by atoms with van der Waals surface area (Å²) in [4.78, 5) is 5.15. The highest BCUT2D eigenvalue weighted by Crippen LogP contribution is 2.23. The van der Waals surface area contributed by atoms with Gasteiger partial charge in [-0.25, -0.2) is 0 Å². The summed E-state index contributed by atoms with van der Waals surface area (Å²) in [6.45, 7) is 16.5. The fraction of sp³-hybridized carbons (Fsp3) is 1.00. The van der Waals surface area contributed by atoms with Gasteiger partial charge in [0, 0.05) is 18.1 Å². The number of hydrogen-bond acceptors (Lipinski definition) is 3. The quantitative estimate of drug-likeness (QED) is 0.691. The zero-order valence-corrected chi connectivity index (χ0v) is 14.7. The van der Waals surface area contributed by atoms with Crippen LogP contribution in [-0.4, -0.2) is 61.2 Å². The SMILES string of the molecule is CCNC1CCN(CCCCN(C)C(C)C)C(C)C1C. The number of hydrogen-bond donors (Lipinski definition) is 1. The largest absolute Gasteiger partial charge is 0.314 e. The average molecular weight is 284 g/mol. The van der Waals surface area contributed by atoms with Crippen molar-refractivity contribution in [3.63, 3.8) is 0 Å². The second kappa shape index (κ2) is 9.01. The van der Waals surface area contributed by atoms with Crippen LogP contribution in [0.25, 0.3) is 0 Å². The summed E-state index contributed by atoms with van der Waals surface area (Å²) in [5.41, 5.74) is 0. The van der Waals surface area contributed by atoms with E-state index in [1.807, 2.05) is 0 Å². The van der Waals surface area contributed by atoms with Crippen LogP contribution in [0.15, 0.2) is 0 Å². The van der Waals surface area contributed by atoms with E-state index in [1.54, 1.807) is 0 Å². The molecule has 3 atom stereocenters. The van der Waals surface area contributed by atoms with Crippen LogP contribution in [0.3, 0.4) is 0 Å². The van der Waals surface area contributed by atoms with Crippen molar-refractivity contribution in [1.29, 1.82) is 0 Å². The van der Waals surface area contributed by atoms with Crippen molar-refractivity contribution in [3.05, 3.63) is 0 Å². The molecule has 0 spiro atoms. The Balaban J connectivity index is 2.25. The van der Waals surface area contributed by atoms with Crippen LogP contribution >= 0.6 is 0 Å². The van der Waals surface area contributed by atoms with Gasteiger partial charge in [0.15, 0.2) is 0 Å². The molecule has 0 aliphatic carbocycles. The Morgan fingerprint density at radius 3 is 2.55 bits per heavy atom. The summed E-state index contributed by atoms with van der Waals surface area (Å²) >= 11 is 0. The molecule has 1 aliphatic heterocycles. The molecule has 0 saturated carbocycles. The summed E-state index contributed by atoms with van der Waals surface area (Å²) in [5.74, 6) is 0.766. The molecule has 120 valence electrons. The van der Waals surface area contributed by atoms with E-state index < -0.39 is 0 Å². The highest BCUT2D eigenvalue weighted by Gasteiger charge is 2.31. The number of likely N-dealkylation sites (tertiary alicyclic amines) is 1. The number of nitrogens with zero attached hydrogens (tertiary/aromatic N) is 2. The zero-order valence-electron chi connectivity index (χ0n) is 14.7. The van der Waals surface area contributed by atoms with Gasteiger partial charge in [-0.2, -0.15) is 0 Å². The Bertz CT molecular complexity index is 255. The van der Waals surface area contributed by atoms with Crippen LogP contribution in [-0.2, 0) is 0 Å². The Kier molecular flexibility index (Phi) is 8.08. The zero-order chi connectivity index (χ0) is 15.1. The van der Waals surface area contributed by atoms with Gasteiger partial charge in [0.2, 0.25) is 0 Å². The maximum atomic E-state index is 3.65. The van der Waals surface area contributed by atoms with Gasteiger partial charge in [0.05, 0.1) is 0 Å². The predicted molar refractivity (Wildman–Crippen MR) is 89.3 cm³/mol. The first-order valence-corrected chi connectivity index (χ1v) is 8.65. The van der Waals surface area contributed by atoms with E-state index in [2.05, 4.69) is 56.8 Å². The van der Waals surface area contributed by atoms with Gasteiger partial charge < -0.3 is 15.1 Å². The Morgan fingerprint density at radius 1 is 1.25 bits per heavy atom. The van der Waals surface area contributed by atoms with E-state index >= 15 is 0 Å². The van der Waals surface area contributed by atoms with Crippen LogP contribution in [0.1, 0.15) is 53.9 Å². The first kappa shape index (κ1) is 17.9. The van der Waals surface area contributed by atoms with Crippen molar-refractivity contribution in [3.8, 4) is 0 Å². The van der Waals surface area contributed by atoms with Crippen molar-refractivity contribution < 1.29 is 0 Å². The third-order valence-electron chi connectivity index (χ3n) is 5.25. The molecule has 20 heavy (non-hydrogen) atoms. The van der Waals surface area contributed by atoms with Crippen molar-refractivity contribution >= 4 is 0 Å². The second-order valence-electron chi connectivity index (χ2n) is 6.87. The van der Waals surface area contributed by atoms with Crippen molar-refractivity contribution in [2.24, 2.45) is 5.92 Å². The van der Waals surface area contributed by atoms with Gasteiger partial charge in [0.1, 0.15) is 0 Å². The molecular formula is C17H37N3. The Labute approximate surface area is 127 Å². The standard InChI is InChI=1S/C17H37N3/c1-7-18-17-10-13-20(16(5)15(17)4)12-9-8-11-19(6)14(2)3/h14-18H,7-13H2,1-6H3. The molecule has 0 radical (unpaired) electrons. The lowest BCUT2D eigenvalue weighted by molar-refractivity contribution is 0.0830. The molecule has 0 aromatic rings. The summed E-state index contributed by atoms with van der Waals surface area (Å²) in [7, 11) is 2.23. The van der Waals surface area contributed by atoms with Gasteiger partial charge in [-0.3, -0.25) is 0 Å². The molecule has 1 heterocycles. The van der Waals surface area contributed by atoms with Crippen molar-refractivity contribution in [2.45, 2.75) is 72.0 Å². The third-order valence-corrected chi connectivity index (χ3v) is 5.25. The van der Waals surface area contributed by atoms with Crippen LogP contribution in [0, 0.1) is 5.92 Å². The van der Waals surface area contributed by atoms with E-state index in [0.717, 1.165) is 24.5 Å². The summed E-state index contributed by atoms with van der Waals surface area (Å²) in [6.07, 6.45) is 3.97. The fourth-order valence-corrected chi connectivity index (χ4v) is 3.24. The molecule has 1 rings (SSSR count). The van der Waals surface area contributed by atoms with Crippen LogP contribution in [0.2, 0.25) is 0 Å². The molecule has 1 fully saturated rings. The second-order valence-corrected chi connectivity index (χ2v) is 6.87. The van der Waals surface area contributed by atoms with E-state index in [1.165, 1.54) is 38.9 Å². The Morgan fingerprint density at radius 2 is 1.95 bits per heavy atom. The van der Waals surface area contributed by atoms with E-state index in [4.69, 9.17) is 0 Å². The Hall–Kier alpha value is -0.120. The monoisotopic (exact) mass is 283 g/mol. The van der Waals surface area contributed by atoms with Crippen LogP contribution in [0.4, 0.5) is 0 Å². The van der Waals surface area contributed by atoms with Gasteiger partial charge >= 0.3 is 0 Å². The topological polar surface area (TPSA) is 18.5 Å². The van der Waals surface area contributed by atoms with Gasteiger partial charge in [0.25, 0.3) is 0 Å². The van der Waals surface area contributed by atoms with Crippen molar-refractivity contribution in [2.75, 3.05) is 33.2 Å². The molecule has 0 aromatic heterocycles. The molecule has 1 aliphatic rings. The molecule has 0 bridgehead atoms. The lowest BCUT2D eigenvalue weighted by Gasteiger charge is -2.43. The van der Waals surface area contributed by atoms with Crippen molar-refractivity contribution in [1.82, 2.24) is 15.1 Å². The molecule has 1 N–H and O–H groups in total. The molecule has 0 amide bonds. The average Bonchev–Trinajstić information content (AvgIpc) is 2.41. The molecule has 0 aromatic carbocycles. The van der Waals surface area contributed by atoms with E-state index in [0.29, 0.717) is 6.04 Å². The lowest BCUT2D eigenvalue weighted by atomic mass is 9.87. The maximum absolute atomic E-state index is 3.65. The van der Waals surface area contributed by atoms with Gasteiger partial charge in [-0.05, 0) is 79.2 Å². The molecule has 3 heteroatoms. The van der Waals surface area contributed by atoms with E-state index in [-0.39, 0.29) is 0 Å². The molecule has 3 nitrogen and oxygen atoms in total. The number of nitrogens with one attached hydrogen (secondary N) is 1. The molecular weight excluding hydrogens is 246 g/mol. The first-order chi connectivity index (χ1) is 9.47. The summed E-state index contributed by atoms with van der Waals surface area (Å²) in [5, 5.41) is 3.65. The number of unbranched alkanes of at least 4 members (excludes halogenated alkanes) is 1. The summed E-state index contributed by atoms with van der Waals surface area (Å²) in [6, 6.07) is 2.11. The van der Waals surface area contributed by atoms with E-state index in [9.17, 15) is 0 Å². The first-order valence-electron chi connectivity index (χ1n) is 8.65. The number of piperidine rings is 1. The predicted octanol–water partition coefficient (Wildman–Crippen LogP) is 2.82. The normalized spacial score (nSPS) is 28.5. The van der Waals surface area contributed by atoms with Gasteiger partial charge in [-0.15, -0.1) is 0 Å². The van der Waals surface area contributed by atoms with Crippen LogP contribution < -0.4 is 5.32 Å². The highest BCUT2D eigenvalue weighted by atomic mass is 15.2. The lowest BCUT2D eigenvalue weighted by Crippen LogP contribution is -2.53. The van der Waals surface area contributed by atoms with Crippen LogP contribution in [0.5, 0.6) is 0 Å². The number of rotatable bonds is 8. The minimum Gasteiger partial charge on any atom is -0.314 e. The smallest absolute Gasteiger partial charge is 0.0120 e. The molecule has 1 saturated heterocycles. The highest BCUT2D eigenvalue weighted by molar-refractivity contribution is 4.88. The minimum absolute atomic E-state index is 0.671. The fourth-order valence-electron chi connectivity index (χ4n) is 3.24. The third kappa shape index (κ3) is 5.34. The minimum atomic E-state index is 0.671. The van der Waals surface area contributed by atoms with Gasteiger partial charge in [-0.1, -0.05) is 13.8 Å². The molecule has 3 unspecified atom stereocenters. The summed E-state index contributed by atoms with van der Waals surface area (Å²) < 4.78 is 0.